The van der Waals surface area contributed by atoms with E-state index in [2.05, 4.69) is 19.2 Å². The Morgan fingerprint density at radius 1 is 1.56 bits per heavy atom. The van der Waals surface area contributed by atoms with E-state index in [4.69, 9.17) is 22.4 Å². The van der Waals surface area contributed by atoms with E-state index in [0.29, 0.717) is 22.3 Å². The van der Waals surface area contributed by atoms with E-state index in [0.717, 1.165) is 12.2 Å². The van der Waals surface area contributed by atoms with E-state index < -0.39 is 6.09 Å². The summed E-state index contributed by atoms with van der Waals surface area (Å²) in [6, 6.07) is 3.20. The monoisotopic (exact) mass is 271 g/mol. The molecule has 0 radical (unpaired) electrons. The van der Waals surface area contributed by atoms with Crippen molar-refractivity contribution in [3.63, 3.8) is 0 Å². The van der Waals surface area contributed by atoms with Crippen molar-refractivity contribution in [1.29, 1.82) is 0 Å². The van der Waals surface area contributed by atoms with Crippen molar-refractivity contribution >= 4 is 34.8 Å². The van der Waals surface area contributed by atoms with Gasteiger partial charge in [0.15, 0.2) is 0 Å². The van der Waals surface area contributed by atoms with Gasteiger partial charge in [-0.3, -0.25) is 5.32 Å². The van der Waals surface area contributed by atoms with Crippen LogP contribution in [-0.2, 0) is 0 Å². The van der Waals surface area contributed by atoms with Gasteiger partial charge in [0.05, 0.1) is 22.1 Å². The van der Waals surface area contributed by atoms with E-state index in [1.165, 1.54) is 0 Å². The molecule has 0 saturated carbocycles. The van der Waals surface area contributed by atoms with Crippen LogP contribution >= 0.6 is 11.6 Å². The zero-order valence-electron chi connectivity index (χ0n) is 10.7. The quantitative estimate of drug-likeness (QED) is 0.735. The van der Waals surface area contributed by atoms with Crippen molar-refractivity contribution < 1.29 is 9.90 Å². The number of nitrogens with zero attached hydrogens (tertiary/aromatic N) is 1. The zero-order chi connectivity index (χ0) is 13.9. The third-order valence-electron chi connectivity index (χ3n) is 2.41. The van der Waals surface area contributed by atoms with Gasteiger partial charge in [0.25, 0.3) is 0 Å². The standard InChI is InChI=1S/C12H18ClN3O2/c1-7(2)6-16(3)11-5-10(15-12(17)18)9(14)4-8(11)13/h4-5,7,15H,6,14H2,1-3H3,(H,17,18). The number of nitrogens with two attached hydrogens (primary N) is 1. The third kappa shape index (κ3) is 3.70. The Labute approximate surface area is 112 Å². The summed E-state index contributed by atoms with van der Waals surface area (Å²) in [7, 11) is 1.90. The van der Waals surface area contributed by atoms with Gasteiger partial charge in [-0.2, -0.15) is 0 Å². The Balaban J connectivity index is 3.07. The number of nitrogen functional groups attached to an aromatic ring is 1. The number of benzene rings is 1. The van der Waals surface area contributed by atoms with Crippen LogP contribution in [0.1, 0.15) is 13.8 Å². The molecule has 0 heterocycles. The Morgan fingerprint density at radius 2 is 2.17 bits per heavy atom. The van der Waals surface area contributed by atoms with Crippen LogP contribution < -0.4 is 16.0 Å². The van der Waals surface area contributed by atoms with E-state index >= 15 is 0 Å². The molecular weight excluding hydrogens is 254 g/mol. The fraction of sp³-hybridized carbons (Fsp3) is 0.417. The van der Waals surface area contributed by atoms with Gasteiger partial charge >= 0.3 is 6.09 Å². The second-order valence-corrected chi connectivity index (χ2v) is 5.00. The molecule has 5 nitrogen and oxygen atoms in total. The van der Waals surface area contributed by atoms with Gasteiger partial charge in [0.1, 0.15) is 0 Å². The number of anilines is 3. The van der Waals surface area contributed by atoms with Crippen LogP contribution in [0.3, 0.4) is 0 Å². The van der Waals surface area contributed by atoms with Gasteiger partial charge in [0.2, 0.25) is 0 Å². The minimum atomic E-state index is -1.15. The smallest absolute Gasteiger partial charge is 0.409 e. The summed E-state index contributed by atoms with van der Waals surface area (Å²) in [5, 5.41) is 11.5. The van der Waals surface area contributed by atoms with Gasteiger partial charge in [-0.05, 0) is 18.1 Å². The number of hydrogen-bond donors (Lipinski definition) is 3. The molecule has 0 atom stereocenters. The molecular formula is C12H18ClN3O2. The molecule has 1 amide bonds. The number of nitrogens with one attached hydrogen (secondary N) is 1. The highest BCUT2D eigenvalue weighted by Crippen LogP contribution is 2.33. The molecule has 0 aliphatic carbocycles. The van der Waals surface area contributed by atoms with Gasteiger partial charge in [-0.1, -0.05) is 25.4 Å². The van der Waals surface area contributed by atoms with Gasteiger partial charge in [-0.15, -0.1) is 0 Å². The average Bonchev–Trinajstić information content (AvgIpc) is 2.20. The molecule has 1 rings (SSSR count). The van der Waals surface area contributed by atoms with Gasteiger partial charge in [-0.25, -0.2) is 4.79 Å². The Bertz CT molecular complexity index is 449. The number of halogens is 1. The fourth-order valence-electron chi connectivity index (χ4n) is 1.74. The molecule has 1 aromatic carbocycles. The molecule has 0 unspecified atom stereocenters. The SMILES string of the molecule is CC(C)CN(C)c1cc(NC(=O)O)c(N)cc1Cl. The lowest BCUT2D eigenvalue weighted by Crippen LogP contribution is -2.23. The predicted molar refractivity (Wildman–Crippen MR) is 75.6 cm³/mol. The first-order valence-corrected chi connectivity index (χ1v) is 5.99. The minimum absolute atomic E-state index is 0.309. The number of hydrogen-bond acceptors (Lipinski definition) is 3. The van der Waals surface area contributed by atoms with Crippen molar-refractivity contribution in [2.75, 3.05) is 29.5 Å². The topological polar surface area (TPSA) is 78.6 Å². The average molecular weight is 272 g/mol. The summed E-state index contributed by atoms with van der Waals surface area (Å²) in [5.74, 6) is 0.472. The summed E-state index contributed by atoms with van der Waals surface area (Å²) in [6.07, 6.45) is -1.15. The highest BCUT2D eigenvalue weighted by Gasteiger charge is 2.12. The molecule has 4 N–H and O–H groups in total. The lowest BCUT2D eigenvalue weighted by molar-refractivity contribution is 0.210. The van der Waals surface area contributed by atoms with Crippen LogP contribution in [0.2, 0.25) is 5.02 Å². The van der Waals surface area contributed by atoms with Crippen LogP contribution in [0.15, 0.2) is 12.1 Å². The molecule has 0 saturated heterocycles. The predicted octanol–water partition coefficient (Wildman–Crippen LogP) is 3.10. The Hall–Kier alpha value is -1.62. The molecule has 0 aromatic heterocycles. The van der Waals surface area contributed by atoms with Crippen LogP contribution in [0.4, 0.5) is 21.9 Å². The fourth-order valence-corrected chi connectivity index (χ4v) is 2.06. The van der Waals surface area contributed by atoms with Crippen LogP contribution in [0.25, 0.3) is 0 Å². The summed E-state index contributed by atoms with van der Waals surface area (Å²) < 4.78 is 0. The first-order valence-electron chi connectivity index (χ1n) is 5.61. The van der Waals surface area contributed by atoms with Crippen molar-refractivity contribution in [1.82, 2.24) is 0 Å². The third-order valence-corrected chi connectivity index (χ3v) is 2.71. The Kier molecular flexibility index (Phi) is 4.67. The molecule has 6 heteroatoms. The number of carbonyl (C=O) groups is 1. The second kappa shape index (κ2) is 5.82. The first kappa shape index (κ1) is 14.4. The molecule has 0 fully saturated rings. The molecule has 0 aliphatic rings. The van der Waals surface area contributed by atoms with Crippen LogP contribution in [0, 0.1) is 5.92 Å². The lowest BCUT2D eigenvalue weighted by Gasteiger charge is -2.23. The first-order chi connectivity index (χ1) is 8.31. The molecule has 18 heavy (non-hydrogen) atoms. The van der Waals surface area contributed by atoms with Gasteiger partial charge in [0, 0.05) is 13.6 Å². The van der Waals surface area contributed by atoms with Crippen molar-refractivity contribution in [3.05, 3.63) is 17.2 Å². The van der Waals surface area contributed by atoms with Crippen LogP contribution in [0.5, 0.6) is 0 Å². The zero-order valence-corrected chi connectivity index (χ0v) is 11.5. The molecule has 0 bridgehead atoms. The summed E-state index contributed by atoms with van der Waals surface area (Å²) in [5.41, 5.74) is 7.12. The van der Waals surface area contributed by atoms with E-state index in [-0.39, 0.29) is 0 Å². The second-order valence-electron chi connectivity index (χ2n) is 4.60. The van der Waals surface area contributed by atoms with E-state index in [9.17, 15) is 4.79 Å². The summed E-state index contributed by atoms with van der Waals surface area (Å²) in [4.78, 5) is 12.6. The highest BCUT2D eigenvalue weighted by atomic mass is 35.5. The van der Waals surface area contributed by atoms with Crippen LogP contribution in [-0.4, -0.2) is 24.8 Å². The summed E-state index contributed by atoms with van der Waals surface area (Å²) >= 11 is 6.12. The summed E-state index contributed by atoms with van der Waals surface area (Å²) in [6.45, 7) is 5.01. The van der Waals surface area contributed by atoms with Crippen molar-refractivity contribution in [3.8, 4) is 0 Å². The van der Waals surface area contributed by atoms with Crippen molar-refractivity contribution in [2.45, 2.75) is 13.8 Å². The minimum Gasteiger partial charge on any atom is -0.465 e. The molecule has 0 spiro atoms. The molecule has 100 valence electrons. The highest BCUT2D eigenvalue weighted by molar-refractivity contribution is 6.33. The molecule has 0 aliphatic heterocycles. The number of amides is 1. The van der Waals surface area contributed by atoms with Crippen molar-refractivity contribution in [2.24, 2.45) is 5.92 Å². The number of carboxylic acid groups (broad SMARTS) is 1. The lowest BCUT2D eigenvalue weighted by atomic mass is 10.2. The van der Waals surface area contributed by atoms with Gasteiger partial charge < -0.3 is 15.7 Å². The Morgan fingerprint density at radius 3 is 2.67 bits per heavy atom. The largest absolute Gasteiger partial charge is 0.465 e. The number of rotatable bonds is 4. The molecule has 1 aromatic rings. The maximum atomic E-state index is 10.7. The van der Waals surface area contributed by atoms with E-state index in [1.54, 1.807) is 12.1 Å². The van der Waals surface area contributed by atoms with E-state index in [1.807, 2.05) is 11.9 Å². The maximum Gasteiger partial charge on any atom is 0.409 e. The maximum absolute atomic E-state index is 10.7. The normalized spacial score (nSPS) is 10.5.